The molecule has 2 bridgehead atoms. The molecule has 158 valence electrons. The Balaban J connectivity index is 1.54. The van der Waals surface area contributed by atoms with Crippen molar-refractivity contribution in [3.8, 4) is 0 Å². The number of benzene rings is 3. The quantitative estimate of drug-likeness (QED) is 0.590. The molecule has 3 saturated heterocycles. The minimum absolute atomic E-state index is 0.0748. The van der Waals surface area contributed by atoms with Gasteiger partial charge in [-0.05, 0) is 55.1 Å². The van der Waals surface area contributed by atoms with Crippen LogP contribution in [0.25, 0.3) is 0 Å². The van der Waals surface area contributed by atoms with E-state index in [1.165, 1.54) is 11.1 Å². The maximum Gasteiger partial charge on any atom is 0.253 e. The van der Waals surface area contributed by atoms with Crippen LogP contribution in [0, 0.1) is 5.92 Å². The lowest BCUT2D eigenvalue weighted by atomic mass is 9.70. The van der Waals surface area contributed by atoms with Crippen molar-refractivity contribution >= 4 is 17.5 Å². The summed E-state index contributed by atoms with van der Waals surface area (Å²) < 4.78 is 0. The zero-order valence-electron chi connectivity index (χ0n) is 17.5. The molecule has 3 nitrogen and oxygen atoms in total. The molecule has 0 spiro atoms. The molecule has 3 aromatic rings. The third-order valence-corrected chi connectivity index (χ3v) is 7.28. The molecule has 3 fully saturated rings. The normalized spacial score (nSPS) is 24.8. The van der Waals surface area contributed by atoms with E-state index in [1.807, 2.05) is 12.1 Å². The van der Waals surface area contributed by atoms with E-state index in [0.29, 0.717) is 16.5 Å². The van der Waals surface area contributed by atoms with E-state index in [4.69, 9.17) is 11.6 Å². The molecule has 4 heteroatoms. The maximum atomic E-state index is 13.2. The number of nitrogens with zero attached hydrogens (tertiary/aromatic N) is 1. The van der Waals surface area contributed by atoms with Crippen molar-refractivity contribution in [1.29, 1.82) is 0 Å². The van der Waals surface area contributed by atoms with Crippen LogP contribution in [0.5, 0.6) is 0 Å². The molecule has 1 amide bonds. The Bertz CT molecular complexity index is 992. The highest BCUT2D eigenvalue weighted by atomic mass is 35.5. The lowest BCUT2D eigenvalue weighted by Gasteiger charge is -2.54. The SMILES string of the molecule is O=C(N[C@@H]1C2CCN(CC2)[C@@H]1C(c1ccccc1)c1ccccc1)c1ccccc1Cl. The van der Waals surface area contributed by atoms with Crippen LogP contribution in [-0.4, -0.2) is 36.0 Å². The van der Waals surface area contributed by atoms with E-state index < -0.39 is 0 Å². The van der Waals surface area contributed by atoms with Gasteiger partial charge in [0.2, 0.25) is 0 Å². The minimum Gasteiger partial charge on any atom is -0.347 e. The Hall–Kier alpha value is -2.62. The van der Waals surface area contributed by atoms with Crippen molar-refractivity contribution in [1.82, 2.24) is 10.2 Å². The van der Waals surface area contributed by atoms with Gasteiger partial charge in [-0.25, -0.2) is 0 Å². The first-order valence-electron chi connectivity index (χ1n) is 11.1. The van der Waals surface area contributed by atoms with Crippen LogP contribution < -0.4 is 5.32 Å². The van der Waals surface area contributed by atoms with Crippen molar-refractivity contribution in [3.63, 3.8) is 0 Å². The van der Waals surface area contributed by atoms with E-state index in [-0.39, 0.29) is 23.9 Å². The molecule has 3 aliphatic rings. The Labute approximate surface area is 189 Å². The summed E-state index contributed by atoms with van der Waals surface area (Å²) in [4.78, 5) is 15.8. The molecule has 0 unspecified atom stereocenters. The number of carbonyl (C=O) groups excluding carboxylic acids is 1. The molecule has 6 rings (SSSR count). The predicted octanol–water partition coefficient (Wildman–Crippen LogP) is 5.36. The molecule has 3 aromatic carbocycles. The van der Waals surface area contributed by atoms with Crippen LogP contribution in [0.2, 0.25) is 5.02 Å². The topological polar surface area (TPSA) is 32.3 Å². The van der Waals surface area contributed by atoms with Gasteiger partial charge >= 0.3 is 0 Å². The summed E-state index contributed by atoms with van der Waals surface area (Å²) >= 11 is 6.34. The van der Waals surface area contributed by atoms with Gasteiger partial charge < -0.3 is 5.32 Å². The molecule has 31 heavy (non-hydrogen) atoms. The highest BCUT2D eigenvalue weighted by molar-refractivity contribution is 6.33. The second-order valence-corrected chi connectivity index (χ2v) is 9.05. The van der Waals surface area contributed by atoms with Gasteiger partial charge in [0.05, 0.1) is 10.6 Å². The summed E-state index contributed by atoms with van der Waals surface area (Å²) in [5.74, 6) is 0.604. The molecule has 0 aliphatic carbocycles. The van der Waals surface area contributed by atoms with Crippen LogP contribution >= 0.6 is 11.6 Å². The number of rotatable bonds is 5. The fourth-order valence-electron chi connectivity index (χ4n) is 5.49. The fraction of sp³-hybridized carbons (Fsp3) is 0.296. The lowest BCUT2D eigenvalue weighted by molar-refractivity contribution is 0.00617. The van der Waals surface area contributed by atoms with Gasteiger partial charge in [0.1, 0.15) is 0 Å². The van der Waals surface area contributed by atoms with Crippen molar-refractivity contribution < 1.29 is 4.79 Å². The van der Waals surface area contributed by atoms with Gasteiger partial charge in [-0.1, -0.05) is 84.4 Å². The summed E-state index contributed by atoms with van der Waals surface area (Å²) in [5, 5.41) is 3.91. The Morgan fingerprint density at radius 2 is 1.39 bits per heavy atom. The third kappa shape index (κ3) is 4.00. The lowest BCUT2D eigenvalue weighted by Crippen LogP contribution is -2.65. The van der Waals surface area contributed by atoms with E-state index >= 15 is 0 Å². The standard InChI is InChI=1S/C27H27ClN2O/c28-23-14-8-7-13-22(23)27(31)29-25-21-15-17-30(18-16-21)26(25)24(19-9-3-1-4-10-19)20-11-5-2-6-12-20/h1-14,21,24-26H,15-18H2,(H,29,31)/t25-,26-/m1/s1. The molecule has 3 heterocycles. The Kier molecular flexibility index (Phi) is 5.80. The van der Waals surface area contributed by atoms with Crippen LogP contribution in [0.3, 0.4) is 0 Å². The molecule has 0 saturated carbocycles. The molecule has 2 atom stereocenters. The first kappa shape index (κ1) is 20.3. The highest BCUT2D eigenvalue weighted by Gasteiger charge is 2.47. The van der Waals surface area contributed by atoms with Crippen LogP contribution in [0.15, 0.2) is 84.9 Å². The van der Waals surface area contributed by atoms with Crippen molar-refractivity contribution in [2.24, 2.45) is 5.92 Å². The van der Waals surface area contributed by atoms with Gasteiger partial charge in [0.15, 0.2) is 0 Å². The summed E-state index contributed by atoms with van der Waals surface area (Å²) in [7, 11) is 0. The van der Waals surface area contributed by atoms with Gasteiger partial charge in [-0.15, -0.1) is 0 Å². The second-order valence-electron chi connectivity index (χ2n) is 8.64. The molecule has 1 N–H and O–H groups in total. The largest absolute Gasteiger partial charge is 0.347 e. The number of piperidine rings is 3. The van der Waals surface area contributed by atoms with Crippen LogP contribution in [0.4, 0.5) is 0 Å². The number of hydrogen-bond acceptors (Lipinski definition) is 2. The second kappa shape index (κ2) is 8.86. The highest BCUT2D eigenvalue weighted by Crippen LogP contribution is 2.42. The molecule has 3 aliphatic heterocycles. The molecule has 0 radical (unpaired) electrons. The first-order valence-corrected chi connectivity index (χ1v) is 11.5. The van der Waals surface area contributed by atoms with Gasteiger partial charge in [0, 0.05) is 18.0 Å². The molecular weight excluding hydrogens is 404 g/mol. The van der Waals surface area contributed by atoms with Crippen LogP contribution in [-0.2, 0) is 0 Å². The van der Waals surface area contributed by atoms with Gasteiger partial charge in [0.25, 0.3) is 5.91 Å². The summed E-state index contributed by atoms with van der Waals surface area (Å²) in [6.07, 6.45) is 2.25. The Morgan fingerprint density at radius 1 is 0.839 bits per heavy atom. The Morgan fingerprint density at radius 3 is 1.97 bits per heavy atom. The third-order valence-electron chi connectivity index (χ3n) is 6.95. The number of halogens is 1. The maximum absolute atomic E-state index is 13.2. The monoisotopic (exact) mass is 430 g/mol. The predicted molar refractivity (Wildman–Crippen MR) is 126 cm³/mol. The number of nitrogens with one attached hydrogen (secondary N) is 1. The molecule has 0 aromatic heterocycles. The minimum atomic E-state index is -0.0748. The number of carbonyl (C=O) groups is 1. The summed E-state index contributed by atoms with van der Waals surface area (Å²) in [6.45, 7) is 2.17. The van der Waals surface area contributed by atoms with Crippen molar-refractivity contribution in [3.05, 3.63) is 107 Å². The van der Waals surface area contributed by atoms with E-state index in [2.05, 4.69) is 70.9 Å². The number of hydrogen-bond donors (Lipinski definition) is 1. The zero-order valence-corrected chi connectivity index (χ0v) is 18.2. The summed E-state index contributed by atoms with van der Waals surface area (Å²) in [6, 6.07) is 29.0. The summed E-state index contributed by atoms with van der Waals surface area (Å²) in [5.41, 5.74) is 3.14. The first-order chi connectivity index (χ1) is 15.2. The van der Waals surface area contributed by atoms with E-state index in [9.17, 15) is 4.79 Å². The fourth-order valence-corrected chi connectivity index (χ4v) is 5.71. The smallest absolute Gasteiger partial charge is 0.253 e. The number of amides is 1. The average molecular weight is 431 g/mol. The van der Waals surface area contributed by atoms with Gasteiger partial charge in [-0.3, -0.25) is 9.69 Å². The van der Waals surface area contributed by atoms with E-state index in [1.54, 1.807) is 12.1 Å². The van der Waals surface area contributed by atoms with E-state index in [0.717, 1.165) is 25.9 Å². The van der Waals surface area contributed by atoms with Crippen molar-refractivity contribution in [2.75, 3.05) is 13.1 Å². The average Bonchev–Trinajstić information content (AvgIpc) is 2.83. The zero-order chi connectivity index (χ0) is 21.2. The van der Waals surface area contributed by atoms with Crippen LogP contribution in [0.1, 0.15) is 40.2 Å². The van der Waals surface area contributed by atoms with Crippen molar-refractivity contribution in [2.45, 2.75) is 30.8 Å². The number of fused-ring (bicyclic) bond motifs is 3. The molecular formula is C27H27ClN2O. The van der Waals surface area contributed by atoms with Gasteiger partial charge in [-0.2, -0.15) is 0 Å².